The summed E-state index contributed by atoms with van der Waals surface area (Å²) < 4.78 is 9.18. The lowest BCUT2D eigenvalue weighted by Crippen LogP contribution is -2.55. The zero-order chi connectivity index (χ0) is 27.3. The average Bonchev–Trinajstić information content (AvgIpc) is 3.63. The van der Waals surface area contributed by atoms with Gasteiger partial charge in [-0.2, -0.15) is 0 Å². The first kappa shape index (κ1) is 23.0. The third-order valence-corrected chi connectivity index (χ3v) is 9.77. The van der Waals surface area contributed by atoms with Crippen molar-refractivity contribution in [1.82, 2.24) is 4.57 Å². The summed E-state index contributed by atoms with van der Waals surface area (Å²) in [7, 11) is 0. The van der Waals surface area contributed by atoms with Gasteiger partial charge in [-0.3, -0.25) is 0 Å². The number of nitrogens with zero attached hydrogens (tertiary/aromatic N) is 2. The molecule has 3 nitrogen and oxygen atoms in total. The zero-order valence-electron chi connectivity index (χ0n) is 23.2. The first-order chi connectivity index (χ1) is 20.1. The number of rotatable bonds is 2. The van der Waals surface area contributed by atoms with Gasteiger partial charge in [0.15, 0.2) is 5.76 Å². The van der Waals surface area contributed by atoms with E-state index in [0.29, 0.717) is 0 Å². The van der Waals surface area contributed by atoms with Crippen LogP contribution in [0.5, 0.6) is 0 Å². The molecule has 0 radical (unpaired) electrons. The van der Waals surface area contributed by atoms with E-state index in [-0.39, 0.29) is 17.0 Å². The van der Waals surface area contributed by atoms with Gasteiger partial charge in [-0.05, 0) is 49.8 Å². The fourth-order valence-electron chi connectivity index (χ4n) is 7.96. The maximum atomic E-state index is 6.74. The monoisotopic (exact) mass is 530 g/mol. The molecule has 198 valence electrons. The number of furan rings is 1. The van der Waals surface area contributed by atoms with Crippen LogP contribution in [0, 0.1) is 0 Å². The Morgan fingerprint density at radius 2 is 1.39 bits per heavy atom. The number of anilines is 1. The van der Waals surface area contributed by atoms with Crippen LogP contribution in [0.1, 0.15) is 30.7 Å². The minimum absolute atomic E-state index is 0.0893. The summed E-state index contributed by atoms with van der Waals surface area (Å²) in [6, 6.07) is 35.2. The molecule has 6 aromatic rings. The van der Waals surface area contributed by atoms with Gasteiger partial charge in [0.2, 0.25) is 0 Å². The predicted octanol–water partition coefficient (Wildman–Crippen LogP) is 9.02. The molecule has 4 aromatic carbocycles. The van der Waals surface area contributed by atoms with Gasteiger partial charge < -0.3 is 13.9 Å². The molecule has 0 fully saturated rings. The van der Waals surface area contributed by atoms with Gasteiger partial charge >= 0.3 is 0 Å². The van der Waals surface area contributed by atoms with Crippen LogP contribution >= 0.6 is 0 Å². The van der Waals surface area contributed by atoms with Gasteiger partial charge in [-0.15, -0.1) is 0 Å². The van der Waals surface area contributed by atoms with Crippen molar-refractivity contribution in [3.05, 3.63) is 144 Å². The maximum Gasteiger partial charge on any atom is 0.155 e. The minimum Gasteiger partial charge on any atom is -0.454 e. The number of fused-ring (bicyclic) bond motifs is 9. The lowest BCUT2D eigenvalue weighted by Gasteiger charge is -2.46. The molecule has 0 saturated carbocycles. The van der Waals surface area contributed by atoms with Crippen LogP contribution in [0.15, 0.2) is 132 Å². The summed E-state index contributed by atoms with van der Waals surface area (Å²) in [5.41, 5.74) is 8.04. The smallest absolute Gasteiger partial charge is 0.155 e. The van der Waals surface area contributed by atoms with Crippen LogP contribution in [0.4, 0.5) is 5.69 Å². The highest BCUT2D eigenvalue weighted by molar-refractivity contribution is 6.11. The second-order valence-electron chi connectivity index (χ2n) is 12.2. The number of allylic oxidation sites excluding steroid dienone is 2. The molecule has 3 aliphatic rings. The maximum absolute atomic E-state index is 6.74. The summed E-state index contributed by atoms with van der Waals surface area (Å²) in [4.78, 5) is 2.68. The molecule has 9 rings (SSSR count). The van der Waals surface area contributed by atoms with E-state index < -0.39 is 0 Å². The summed E-state index contributed by atoms with van der Waals surface area (Å²) in [5, 5.41) is 3.72. The molecule has 2 aliphatic carbocycles. The molecule has 0 saturated heterocycles. The summed E-state index contributed by atoms with van der Waals surface area (Å²) in [6.07, 6.45) is 12.6. The van der Waals surface area contributed by atoms with Crippen LogP contribution in [0.25, 0.3) is 38.5 Å². The summed E-state index contributed by atoms with van der Waals surface area (Å²) in [5.74, 6) is 0.976. The molecule has 3 unspecified atom stereocenters. The van der Waals surface area contributed by atoms with Crippen LogP contribution in [-0.4, -0.2) is 16.1 Å². The molecular formula is C38H30N2O. The first-order valence-corrected chi connectivity index (χ1v) is 14.5. The molecule has 2 aromatic heterocycles. The highest BCUT2D eigenvalue weighted by Crippen LogP contribution is 2.54. The second-order valence-corrected chi connectivity index (χ2v) is 12.2. The molecule has 3 heterocycles. The molecule has 41 heavy (non-hydrogen) atoms. The van der Waals surface area contributed by atoms with Crippen LogP contribution < -0.4 is 4.90 Å². The largest absolute Gasteiger partial charge is 0.454 e. The zero-order valence-corrected chi connectivity index (χ0v) is 23.2. The van der Waals surface area contributed by atoms with Crippen LogP contribution in [0.3, 0.4) is 0 Å². The standard InChI is InChI=1S/C38H30N2O/c1-37(40-32-19-9-6-16-29(32)38(2)22-12-11-21-35(38)40)23-28-27-15-5-10-20-34(27)41-36(28)33(24-37)39-30-17-7-3-13-25(30)26-14-4-8-18-31(26)39/h3-22,24,35H,23H2,1-2H3. The van der Waals surface area contributed by atoms with Gasteiger partial charge in [0.05, 0.1) is 28.3 Å². The normalized spacial score (nSPS) is 24.6. The molecule has 0 amide bonds. The number of aromatic nitrogens is 1. The van der Waals surface area contributed by atoms with Crippen molar-refractivity contribution in [1.29, 1.82) is 0 Å². The quantitative estimate of drug-likeness (QED) is 0.223. The van der Waals surface area contributed by atoms with E-state index in [0.717, 1.165) is 23.5 Å². The van der Waals surface area contributed by atoms with E-state index in [1.807, 2.05) is 0 Å². The van der Waals surface area contributed by atoms with Gasteiger partial charge in [0, 0.05) is 39.2 Å². The highest BCUT2D eigenvalue weighted by Gasteiger charge is 2.52. The Bertz CT molecular complexity index is 2090. The Kier molecular flexibility index (Phi) is 4.44. The van der Waals surface area contributed by atoms with Crippen LogP contribution in [0.2, 0.25) is 0 Å². The van der Waals surface area contributed by atoms with Crippen LogP contribution in [-0.2, 0) is 11.8 Å². The molecule has 0 N–H and O–H groups in total. The molecule has 0 spiro atoms. The predicted molar refractivity (Wildman–Crippen MR) is 169 cm³/mol. The van der Waals surface area contributed by atoms with Crippen molar-refractivity contribution in [3.8, 4) is 0 Å². The summed E-state index contributed by atoms with van der Waals surface area (Å²) >= 11 is 0. The number of hydrogen-bond donors (Lipinski definition) is 0. The van der Waals surface area contributed by atoms with E-state index in [2.05, 4.69) is 151 Å². The number of benzene rings is 4. The molecular weight excluding hydrogens is 500 g/mol. The highest BCUT2D eigenvalue weighted by atomic mass is 16.3. The molecule has 0 bridgehead atoms. The second kappa shape index (κ2) is 7.92. The van der Waals surface area contributed by atoms with Crippen molar-refractivity contribution in [3.63, 3.8) is 0 Å². The lowest BCUT2D eigenvalue weighted by molar-refractivity contribution is 0.424. The van der Waals surface area contributed by atoms with Gasteiger partial charge in [0.1, 0.15) is 5.58 Å². The number of hydrogen-bond acceptors (Lipinski definition) is 2. The van der Waals surface area contributed by atoms with Gasteiger partial charge in [-0.25, -0.2) is 0 Å². The fraction of sp³-hybridized carbons (Fsp3) is 0.158. The Morgan fingerprint density at radius 1 is 0.732 bits per heavy atom. The fourth-order valence-corrected chi connectivity index (χ4v) is 7.96. The molecule has 3 atom stereocenters. The lowest BCUT2D eigenvalue weighted by atomic mass is 9.75. The Balaban J connectivity index is 1.37. The average molecular weight is 531 g/mol. The van der Waals surface area contributed by atoms with E-state index >= 15 is 0 Å². The first-order valence-electron chi connectivity index (χ1n) is 14.5. The Morgan fingerprint density at radius 3 is 2.17 bits per heavy atom. The van der Waals surface area contributed by atoms with Crippen molar-refractivity contribution in [2.45, 2.75) is 37.3 Å². The van der Waals surface area contributed by atoms with Crippen molar-refractivity contribution < 1.29 is 4.42 Å². The molecule has 1 aliphatic heterocycles. The van der Waals surface area contributed by atoms with E-state index in [1.54, 1.807) is 0 Å². The van der Waals surface area contributed by atoms with Crippen molar-refractivity contribution in [2.24, 2.45) is 0 Å². The minimum atomic E-state index is -0.310. The van der Waals surface area contributed by atoms with E-state index in [1.165, 1.54) is 44.0 Å². The molecule has 3 heteroatoms. The van der Waals surface area contributed by atoms with E-state index in [9.17, 15) is 0 Å². The topological polar surface area (TPSA) is 21.3 Å². The Labute approximate surface area is 239 Å². The van der Waals surface area contributed by atoms with Crippen molar-refractivity contribution >= 4 is 44.2 Å². The number of para-hydroxylation sites is 4. The third-order valence-electron chi connectivity index (χ3n) is 9.77. The third kappa shape index (κ3) is 2.93. The Hall–Kier alpha value is -4.76. The summed E-state index contributed by atoms with van der Waals surface area (Å²) in [6.45, 7) is 4.80. The van der Waals surface area contributed by atoms with E-state index in [4.69, 9.17) is 4.42 Å². The van der Waals surface area contributed by atoms with Gasteiger partial charge in [0.25, 0.3) is 0 Å². The van der Waals surface area contributed by atoms with Gasteiger partial charge in [-0.1, -0.05) is 97.1 Å². The SMILES string of the molecule is CC12C=CC=CC1N(C1(C)C=C(n3c4ccccc4c4ccccc43)c3oc4ccccc4c3C1)c1ccccc12. The van der Waals surface area contributed by atoms with Crippen molar-refractivity contribution in [2.75, 3.05) is 4.90 Å².